The summed E-state index contributed by atoms with van der Waals surface area (Å²) in [7, 11) is 0. The number of para-hydroxylation sites is 1. The molecule has 0 spiro atoms. The van der Waals surface area contributed by atoms with Crippen molar-refractivity contribution >= 4 is 28.9 Å². The highest BCUT2D eigenvalue weighted by Crippen LogP contribution is 2.28. The van der Waals surface area contributed by atoms with Crippen molar-refractivity contribution in [1.29, 1.82) is 0 Å². The van der Waals surface area contributed by atoms with Crippen LogP contribution >= 0.6 is 11.3 Å². The highest BCUT2D eigenvalue weighted by Gasteiger charge is 2.18. The molecule has 1 aliphatic rings. The van der Waals surface area contributed by atoms with Crippen molar-refractivity contribution in [3.05, 3.63) is 51.2 Å². The Morgan fingerprint density at radius 1 is 1.12 bits per heavy atom. The molecule has 0 saturated carbocycles. The standard InChI is InChI=1S/C20H23NO3S/c1-14-8-6-7-10-16(14)21-19(22)13-24-20(23)18-12-15-9-4-2-3-5-11-17(15)25-18/h6-8,10,12H,2-5,9,11,13H2,1H3,(H,21,22). The molecule has 0 unspecified atom stereocenters. The summed E-state index contributed by atoms with van der Waals surface area (Å²) < 4.78 is 5.20. The monoisotopic (exact) mass is 357 g/mol. The van der Waals surface area contributed by atoms with E-state index in [0.717, 1.165) is 24.1 Å². The van der Waals surface area contributed by atoms with Crippen LogP contribution in [-0.2, 0) is 22.4 Å². The van der Waals surface area contributed by atoms with Crippen molar-refractivity contribution in [2.75, 3.05) is 11.9 Å². The summed E-state index contributed by atoms with van der Waals surface area (Å²) >= 11 is 1.52. The van der Waals surface area contributed by atoms with Gasteiger partial charge in [0.25, 0.3) is 5.91 Å². The van der Waals surface area contributed by atoms with Gasteiger partial charge in [-0.25, -0.2) is 4.79 Å². The first kappa shape index (κ1) is 17.7. The molecule has 0 atom stereocenters. The molecule has 0 aliphatic heterocycles. The number of aryl methyl sites for hydroxylation is 3. The lowest BCUT2D eigenvalue weighted by molar-refractivity contribution is -0.119. The van der Waals surface area contributed by atoms with Crippen LogP contribution in [0.25, 0.3) is 0 Å². The predicted molar refractivity (Wildman–Crippen MR) is 100 cm³/mol. The van der Waals surface area contributed by atoms with Crippen LogP contribution in [0, 0.1) is 6.92 Å². The van der Waals surface area contributed by atoms with E-state index in [1.165, 1.54) is 47.5 Å². The lowest BCUT2D eigenvalue weighted by atomic mass is 10.00. The Kier molecular flexibility index (Phi) is 5.87. The fraction of sp³-hybridized carbons (Fsp3) is 0.400. The minimum absolute atomic E-state index is 0.268. The highest BCUT2D eigenvalue weighted by molar-refractivity contribution is 7.14. The summed E-state index contributed by atoms with van der Waals surface area (Å²) in [5.41, 5.74) is 2.99. The van der Waals surface area contributed by atoms with E-state index >= 15 is 0 Å². The molecule has 132 valence electrons. The van der Waals surface area contributed by atoms with Crippen molar-refractivity contribution in [1.82, 2.24) is 0 Å². The van der Waals surface area contributed by atoms with Crippen molar-refractivity contribution in [3.63, 3.8) is 0 Å². The van der Waals surface area contributed by atoms with Crippen molar-refractivity contribution in [3.8, 4) is 0 Å². The van der Waals surface area contributed by atoms with Crippen LogP contribution in [-0.4, -0.2) is 18.5 Å². The van der Waals surface area contributed by atoms with Crippen LogP contribution in [0.15, 0.2) is 30.3 Å². The second-order valence-electron chi connectivity index (χ2n) is 6.41. The second kappa shape index (κ2) is 8.30. The van der Waals surface area contributed by atoms with E-state index in [-0.39, 0.29) is 12.5 Å². The average molecular weight is 357 g/mol. The smallest absolute Gasteiger partial charge is 0.348 e. The molecule has 5 heteroatoms. The zero-order valence-corrected chi connectivity index (χ0v) is 15.3. The maximum absolute atomic E-state index is 12.3. The van der Waals surface area contributed by atoms with Crippen molar-refractivity contribution < 1.29 is 14.3 Å². The van der Waals surface area contributed by atoms with Crippen LogP contribution in [0.2, 0.25) is 0 Å². The zero-order valence-electron chi connectivity index (χ0n) is 14.5. The lowest BCUT2D eigenvalue weighted by Gasteiger charge is -2.08. The van der Waals surface area contributed by atoms with Gasteiger partial charge in [-0.3, -0.25) is 4.79 Å². The largest absolute Gasteiger partial charge is 0.451 e. The van der Waals surface area contributed by atoms with Crippen LogP contribution < -0.4 is 5.32 Å². The number of ether oxygens (including phenoxy) is 1. The van der Waals surface area contributed by atoms with Gasteiger partial charge in [-0.1, -0.05) is 31.0 Å². The summed E-state index contributed by atoms with van der Waals surface area (Å²) in [6, 6.07) is 9.47. The van der Waals surface area contributed by atoms with Gasteiger partial charge in [0.1, 0.15) is 4.88 Å². The number of benzene rings is 1. The average Bonchev–Trinajstić information content (AvgIpc) is 2.97. The topological polar surface area (TPSA) is 55.4 Å². The maximum Gasteiger partial charge on any atom is 0.348 e. The third-order valence-corrected chi connectivity index (χ3v) is 5.67. The van der Waals surface area contributed by atoms with Gasteiger partial charge >= 0.3 is 5.97 Å². The SMILES string of the molecule is Cc1ccccc1NC(=O)COC(=O)c1cc2c(s1)CCCCCC2. The number of hydrogen-bond acceptors (Lipinski definition) is 4. The van der Waals surface area contributed by atoms with E-state index in [2.05, 4.69) is 5.32 Å². The molecule has 3 rings (SSSR count). The van der Waals surface area contributed by atoms with Gasteiger partial charge in [0.05, 0.1) is 0 Å². The molecule has 1 aromatic heterocycles. The first-order chi connectivity index (χ1) is 12.1. The summed E-state index contributed by atoms with van der Waals surface area (Å²) in [5, 5.41) is 2.77. The number of rotatable bonds is 4. The fourth-order valence-electron chi connectivity index (χ4n) is 3.05. The molecule has 1 heterocycles. The number of carbonyl (C=O) groups excluding carboxylic acids is 2. The molecule has 25 heavy (non-hydrogen) atoms. The van der Waals surface area contributed by atoms with E-state index in [1.54, 1.807) is 0 Å². The Morgan fingerprint density at radius 2 is 1.88 bits per heavy atom. The fourth-order valence-corrected chi connectivity index (χ4v) is 4.19. The molecule has 4 nitrogen and oxygen atoms in total. The Bertz CT molecular complexity index is 741. The van der Waals surface area contributed by atoms with Crippen LogP contribution in [0.3, 0.4) is 0 Å². The Morgan fingerprint density at radius 3 is 2.68 bits per heavy atom. The van der Waals surface area contributed by atoms with Gasteiger partial charge < -0.3 is 10.1 Å². The summed E-state index contributed by atoms with van der Waals surface area (Å²) in [4.78, 5) is 26.2. The van der Waals surface area contributed by atoms with E-state index in [4.69, 9.17) is 4.74 Å². The van der Waals surface area contributed by atoms with Gasteiger partial charge in [0.2, 0.25) is 0 Å². The maximum atomic E-state index is 12.3. The Balaban J connectivity index is 1.56. The molecule has 2 aromatic rings. The van der Waals surface area contributed by atoms with Crippen molar-refractivity contribution in [2.45, 2.75) is 45.4 Å². The number of amides is 1. The summed E-state index contributed by atoms with van der Waals surface area (Å²) in [5.74, 6) is -0.728. The number of esters is 1. The minimum atomic E-state index is -0.406. The molecule has 0 bridgehead atoms. The van der Waals surface area contributed by atoms with Gasteiger partial charge in [-0.2, -0.15) is 0 Å². The van der Waals surface area contributed by atoms with E-state index in [1.807, 2.05) is 37.3 Å². The molecule has 1 aliphatic carbocycles. The Hall–Kier alpha value is -2.14. The molecule has 1 N–H and O–H groups in total. The molecule has 0 radical (unpaired) electrons. The number of carbonyl (C=O) groups is 2. The van der Waals surface area contributed by atoms with E-state index in [9.17, 15) is 9.59 Å². The van der Waals surface area contributed by atoms with Crippen LogP contribution in [0.1, 0.15) is 51.4 Å². The van der Waals surface area contributed by atoms with E-state index in [0.29, 0.717) is 4.88 Å². The molecule has 0 fully saturated rings. The third kappa shape index (κ3) is 4.69. The number of nitrogens with one attached hydrogen (secondary N) is 1. The summed E-state index contributed by atoms with van der Waals surface area (Å²) in [6.07, 6.45) is 6.95. The first-order valence-electron chi connectivity index (χ1n) is 8.77. The molecule has 1 amide bonds. The molecular weight excluding hydrogens is 334 g/mol. The van der Waals surface area contributed by atoms with Gasteiger partial charge in [-0.15, -0.1) is 11.3 Å². The molecule has 1 aromatic carbocycles. The highest BCUT2D eigenvalue weighted by atomic mass is 32.1. The zero-order chi connectivity index (χ0) is 17.6. The second-order valence-corrected chi connectivity index (χ2v) is 7.55. The van der Waals surface area contributed by atoms with Crippen LogP contribution in [0.4, 0.5) is 5.69 Å². The quantitative estimate of drug-likeness (QED) is 0.819. The minimum Gasteiger partial charge on any atom is -0.451 e. The van der Waals surface area contributed by atoms with Crippen molar-refractivity contribution in [2.24, 2.45) is 0 Å². The normalized spacial score (nSPS) is 14.1. The number of anilines is 1. The lowest BCUT2D eigenvalue weighted by Crippen LogP contribution is -2.21. The number of fused-ring (bicyclic) bond motifs is 1. The molecular formula is C20H23NO3S. The first-order valence-corrected chi connectivity index (χ1v) is 9.59. The van der Waals surface area contributed by atoms with Crippen LogP contribution in [0.5, 0.6) is 0 Å². The van der Waals surface area contributed by atoms with E-state index < -0.39 is 5.97 Å². The van der Waals surface area contributed by atoms with Gasteiger partial charge in [-0.05, 0) is 55.9 Å². The number of hydrogen-bond donors (Lipinski definition) is 1. The summed E-state index contributed by atoms with van der Waals surface area (Å²) in [6.45, 7) is 1.65. The van der Waals surface area contributed by atoms with Gasteiger partial charge in [0.15, 0.2) is 6.61 Å². The number of thiophene rings is 1. The van der Waals surface area contributed by atoms with Gasteiger partial charge in [0, 0.05) is 10.6 Å². The third-order valence-electron chi connectivity index (χ3n) is 4.45. The Labute approximate surface area is 152 Å². The molecule has 0 saturated heterocycles. The predicted octanol–water partition coefficient (Wildman–Crippen LogP) is 4.51.